The van der Waals surface area contributed by atoms with Gasteiger partial charge in [0.25, 0.3) is 0 Å². The van der Waals surface area contributed by atoms with Gasteiger partial charge in [-0.25, -0.2) is 0 Å². The molecule has 0 aromatic heterocycles. The molecule has 0 heterocycles. The zero-order valence-electron chi connectivity index (χ0n) is 9.60. The third-order valence-electron chi connectivity index (χ3n) is 2.60. The van der Waals surface area contributed by atoms with Crippen molar-refractivity contribution in [2.75, 3.05) is 7.11 Å². The summed E-state index contributed by atoms with van der Waals surface area (Å²) in [6.07, 6.45) is 1.24. The monoisotopic (exact) mass is 223 g/mol. The molecule has 1 aromatic carbocycles. The van der Waals surface area contributed by atoms with Crippen molar-refractivity contribution >= 4 is 5.97 Å². The van der Waals surface area contributed by atoms with Crippen LogP contribution in [0, 0.1) is 0 Å². The molecular weight excluding hydrogens is 206 g/mol. The van der Waals surface area contributed by atoms with E-state index in [1.165, 1.54) is 7.11 Å². The molecule has 0 saturated heterocycles. The molecule has 0 aliphatic rings. The van der Waals surface area contributed by atoms with Crippen LogP contribution in [0.25, 0.3) is 0 Å². The van der Waals surface area contributed by atoms with Crippen molar-refractivity contribution in [1.82, 2.24) is 0 Å². The van der Waals surface area contributed by atoms with Crippen LogP contribution in [-0.2, 0) is 9.53 Å². The molecule has 1 aromatic rings. The fourth-order valence-electron chi connectivity index (χ4n) is 1.62. The van der Waals surface area contributed by atoms with Crippen LogP contribution in [0.1, 0.15) is 31.2 Å². The minimum Gasteiger partial charge on any atom is -0.469 e. The van der Waals surface area contributed by atoms with Gasteiger partial charge in [-0.1, -0.05) is 19.1 Å². The number of methoxy groups -OCH3 is 1. The second-order valence-electron chi connectivity index (χ2n) is 3.58. The predicted octanol–water partition coefficient (Wildman–Crippen LogP) is 2.00. The van der Waals surface area contributed by atoms with Gasteiger partial charge in [-0.15, -0.1) is 0 Å². The lowest BCUT2D eigenvalue weighted by Gasteiger charge is -2.14. The van der Waals surface area contributed by atoms with E-state index in [9.17, 15) is 4.79 Å². The Morgan fingerprint density at radius 2 is 2.25 bits per heavy atom. The van der Waals surface area contributed by atoms with Crippen molar-refractivity contribution in [3.8, 4) is 5.75 Å². The Balaban J connectivity index is 2.81. The maximum absolute atomic E-state index is 11.2. The van der Waals surface area contributed by atoms with Gasteiger partial charge in [0.15, 0.2) is 0 Å². The van der Waals surface area contributed by atoms with Crippen molar-refractivity contribution in [1.29, 1.82) is 0 Å². The Kier molecular flexibility index (Phi) is 4.79. The highest BCUT2D eigenvalue weighted by Gasteiger charge is 2.15. The molecule has 0 spiro atoms. The first-order valence-corrected chi connectivity index (χ1v) is 5.24. The van der Waals surface area contributed by atoms with Gasteiger partial charge in [0, 0.05) is 0 Å². The number of benzene rings is 1. The second kappa shape index (κ2) is 6.12. The van der Waals surface area contributed by atoms with E-state index in [1.54, 1.807) is 6.07 Å². The summed E-state index contributed by atoms with van der Waals surface area (Å²) in [6.45, 7) is 2.03. The molecule has 4 heteroatoms. The van der Waals surface area contributed by atoms with Crippen molar-refractivity contribution in [3.05, 3.63) is 29.8 Å². The summed E-state index contributed by atoms with van der Waals surface area (Å²) in [4.78, 5) is 15.9. The summed E-state index contributed by atoms with van der Waals surface area (Å²) in [5.41, 5.74) is 1.04. The Morgan fingerprint density at radius 1 is 1.50 bits per heavy atom. The first kappa shape index (κ1) is 12.5. The lowest BCUT2D eigenvalue weighted by molar-refractivity contribution is -0.141. The summed E-state index contributed by atoms with van der Waals surface area (Å²) < 4.78 is 4.67. The SMILES string of the molecule is CC[C@H](CC(=O)OC)c1cccc(ON)c1. The number of carbonyl (C=O) groups excluding carboxylic acids is 1. The third kappa shape index (κ3) is 3.24. The lowest BCUT2D eigenvalue weighted by Crippen LogP contribution is -2.09. The maximum atomic E-state index is 11.2. The van der Waals surface area contributed by atoms with Crippen LogP contribution in [0.5, 0.6) is 5.75 Å². The molecule has 1 rings (SSSR count). The Labute approximate surface area is 95.3 Å². The van der Waals surface area contributed by atoms with Crippen molar-refractivity contribution in [3.63, 3.8) is 0 Å². The van der Waals surface area contributed by atoms with Gasteiger partial charge in [0.1, 0.15) is 5.75 Å². The zero-order chi connectivity index (χ0) is 12.0. The minimum atomic E-state index is -0.203. The molecule has 88 valence electrons. The van der Waals surface area contributed by atoms with E-state index in [0.717, 1.165) is 12.0 Å². The van der Waals surface area contributed by atoms with Crippen LogP contribution >= 0.6 is 0 Å². The standard InChI is InChI=1S/C12H17NO3/c1-3-9(8-12(14)15-2)10-5-4-6-11(7-10)16-13/h4-7,9H,3,8,13H2,1-2H3/t9-/m1/s1. The molecule has 0 saturated carbocycles. The number of nitrogens with two attached hydrogens (primary N) is 1. The molecule has 16 heavy (non-hydrogen) atoms. The Hall–Kier alpha value is -1.55. The van der Waals surface area contributed by atoms with Crippen LogP contribution in [0.15, 0.2) is 24.3 Å². The number of hydrogen-bond donors (Lipinski definition) is 1. The van der Waals surface area contributed by atoms with E-state index < -0.39 is 0 Å². The zero-order valence-corrected chi connectivity index (χ0v) is 9.60. The first-order valence-electron chi connectivity index (χ1n) is 5.24. The third-order valence-corrected chi connectivity index (χ3v) is 2.60. The number of esters is 1. The van der Waals surface area contributed by atoms with E-state index >= 15 is 0 Å². The molecule has 0 aliphatic heterocycles. The summed E-state index contributed by atoms with van der Waals surface area (Å²) in [5.74, 6) is 5.63. The molecule has 1 atom stereocenters. The van der Waals surface area contributed by atoms with Crippen LogP contribution in [-0.4, -0.2) is 13.1 Å². The van der Waals surface area contributed by atoms with E-state index in [-0.39, 0.29) is 11.9 Å². The summed E-state index contributed by atoms with van der Waals surface area (Å²) in [7, 11) is 1.40. The number of ether oxygens (including phenoxy) is 1. The van der Waals surface area contributed by atoms with E-state index in [2.05, 4.69) is 9.57 Å². The molecule has 0 bridgehead atoms. The molecule has 0 aliphatic carbocycles. The number of hydrogen-bond acceptors (Lipinski definition) is 4. The van der Waals surface area contributed by atoms with Gasteiger partial charge in [0.2, 0.25) is 0 Å². The van der Waals surface area contributed by atoms with Gasteiger partial charge in [-0.05, 0) is 30.0 Å². The van der Waals surface area contributed by atoms with E-state index in [4.69, 9.17) is 5.90 Å². The van der Waals surface area contributed by atoms with Gasteiger partial charge >= 0.3 is 5.97 Å². The Bertz CT molecular complexity index is 352. The van der Waals surface area contributed by atoms with Crippen molar-refractivity contribution in [2.45, 2.75) is 25.7 Å². The quantitative estimate of drug-likeness (QED) is 0.612. The lowest BCUT2D eigenvalue weighted by atomic mass is 9.93. The van der Waals surface area contributed by atoms with Gasteiger partial charge in [-0.2, -0.15) is 5.90 Å². The van der Waals surface area contributed by atoms with Crippen molar-refractivity contribution < 1.29 is 14.4 Å². The number of rotatable bonds is 5. The fraction of sp³-hybridized carbons (Fsp3) is 0.417. The molecule has 0 unspecified atom stereocenters. The highest BCUT2D eigenvalue weighted by molar-refractivity contribution is 5.70. The highest BCUT2D eigenvalue weighted by atomic mass is 16.6. The molecule has 4 nitrogen and oxygen atoms in total. The van der Waals surface area contributed by atoms with Crippen molar-refractivity contribution in [2.24, 2.45) is 5.90 Å². The van der Waals surface area contributed by atoms with E-state index in [1.807, 2.05) is 25.1 Å². The molecule has 0 radical (unpaired) electrons. The minimum absolute atomic E-state index is 0.141. The number of carbonyl (C=O) groups is 1. The highest BCUT2D eigenvalue weighted by Crippen LogP contribution is 2.26. The second-order valence-corrected chi connectivity index (χ2v) is 3.58. The van der Waals surface area contributed by atoms with Gasteiger partial charge in [-0.3, -0.25) is 4.79 Å². The topological polar surface area (TPSA) is 61.5 Å². The summed E-state index contributed by atoms with van der Waals surface area (Å²) in [5, 5.41) is 0. The average molecular weight is 223 g/mol. The maximum Gasteiger partial charge on any atom is 0.306 e. The normalized spacial score (nSPS) is 11.9. The Morgan fingerprint density at radius 3 is 2.81 bits per heavy atom. The molecular formula is C12H17NO3. The van der Waals surface area contributed by atoms with Crippen LogP contribution in [0.3, 0.4) is 0 Å². The van der Waals surface area contributed by atoms with Gasteiger partial charge in [0.05, 0.1) is 13.5 Å². The van der Waals surface area contributed by atoms with Crippen LogP contribution in [0.4, 0.5) is 0 Å². The largest absolute Gasteiger partial charge is 0.469 e. The van der Waals surface area contributed by atoms with Crippen LogP contribution < -0.4 is 10.7 Å². The molecule has 2 N–H and O–H groups in total. The molecule has 0 fully saturated rings. The smallest absolute Gasteiger partial charge is 0.306 e. The van der Waals surface area contributed by atoms with Gasteiger partial charge < -0.3 is 9.57 Å². The van der Waals surface area contributed by atoms with Crippen LogP contribution in [0.2, 0.25) is 0 Å². The van der Waals surface area contributed by atoms with E-state index in [0.29, 0.717) is 12.2 Å². The predicted molar refractivity (Wildman–Crippen MR) is 60.9 cm³/mol. The summed E-state index contributed by atoms with van der Waals surface area (Å²) in [6, 6.07) is 7.43. The first-order chi connectivity index (χ1) is 7.71. The fourth-order valence-corrected chi connectivity index (χ4v) is 1.62. The summed E-state index contributed by atoms with van der Waals surface area (Å²) >= 11 is 0. The average Bonchev–Trinajstić information content (AvgIpc) is 2.35. The molecule has 0 amide bonds.